The van der Waals surface area contributed by atoms with Crippen molar-refractivity contribution in [3.05, 3.63) is 106 Å². The zero-order valence-electron chi connectivity index (χ0n) is 33.6. The number of carbonyl (C=O) groups excluding carboxylic acids is 2. The minimum Gasteiger partial charge on any atom is -0.457 e. The Bertz CT molecular complexity index is 2710. The Kier molecular flexibility index (Phi) is 10.2. The van der Waals surface area contributed by atoms with E-state index in [0.29, 0.717) is 24.2 Å². The van der Waals surface area contributed by atoms with E-state index in [1.807, 2.05) is 76.2 Å². The van der Waals surface area contributed by atoms with Crippen molar-refractivity contribution in [1.29, 1.82) is 0 Å². The number of nitrogens with one attached hydrogen (secondary N) is 1. The Labute approximate surface area is 341 Å². The minimum atomic E-state index is -4.19. The van der Waals surface area contributed by atoms with E-state index in [-0.39, 0.29) is 66.1 Å². The molecule has 1 atom stereocenters. The van der Waals surface area contributed by atoms with Gasteiger partial charge in [-0.25, -0.2) is 23.0 Å². The van der Waals surface area contributed by atoms with Crippen LogP contribution >= 0.6 is 0 Å². The number of rotatable bonds is 10. The van der Waals surface area contributed by atoms with E-state index in [0.717, 1.165) is 32.3 Å². The molecule has 0 unspecified atom stereocenters. The molecule has 2 aromatic heterocycles. The quantitative estimate of drug-likeness (QED) is 0.0989. The molecule has 3 aliphatic heterocycles. The van der Waals surface area contributed by atoms with Crippen LogP contribution < -0.4 is 10.3 Å². The SMILES string of the molecule is CC[C@@]1(OC(=O)CN=C(CCOC2CC(C)(C)N([O])C(C)(C)C2)NS(=O)(=O)c2ccc3ccccc3c2)C(=O)OCc2c1cc1n(c2=O)Cc2cc3ccccc3nc2-1. The molecule has 0 bridgehead atoms. The molecular weight excluding hydrogens is 775 g/mol. The molecule has 3 aliphatic rings. The molecule has 0 amide bonds. The van der Waals surface area contributed by atoms with Crippen LogP contribution in [0.25, 0.3) is 33.1 Å². The molecule has 14 nitrogen and oxygen atoms in total. The molecule has 5 heterocycles. The van der Waals surface area contributed by atoms with E-state index in [4.69, 9.17) is 19.2 Å². The predicted octanol–water partition coefficient (Wildman–Crippen LogP) is 5.93. The summed E-state index contributed by atoms with van der Waals surface area (Å²) >= 11 is 0. The van der Waals surface area contributed by atoms with Crippen molar-refractivity contribution in [3.63, 3.8) is 0 Å². The normalized spacial score (nSPS) is 20.2. The van der Waals surface area contributed by atoms with Crippen molar-refractivity contribution in [2.75, 3.05) is 13.2 Å². The molecule has 1 N–H and O–H groups in total. The van der Waals surface area contributed by atoms with Gasteiger partial charge >= 0.3 is 11.9 Å². The van der Waals surface area contributed by atoms with Crippen molar-refractivity contribution in [2.45, 2.75) is 101 Å². The van der Waals surface area contributed by atoms with Gasteiger partial charge in [0.2, 0.25) is 5.60 Å². The van der Waals surface area contributed by atoms with Crippen molar-refractivity contribution in [1.82, 2.24) is 19.3 Å². The average molecular weight is 821 g/mol. The molecule has 59 heavy (non-hydrogen) atoms. The molecule has 0 saturated carbocycles. The number of hydrogen-bond donors (Lipinski definition) is 1. The number of carbonyl (C=O) groups is 2. The lowest BCUT2D eigenvalue weighted by atomic mass is 9.80. The van der Waals surface area contributed by atoms with Gasteiger partial charge in [-0.05, 0) is 88.1 Å². The van der Waals surface area contributed by atoms with Crippen LogP contribution in [0.15, 0.2) is 93.5 Å². The maximum absolute atomic E-state index is 14.0. The number of nitrogens with zero attached hydrogens (tertiary/aromatic N) is 4. The summed E-state index contributed by atoms with van der Waals surface area (Å²) in [4.78, 5) is 50.7. The fourth-order valence-electron chi connectivity index (χ4n) is 8.79. The number of aliphatic imine (C=N–C) groups is 1. The largest absolute Gasteiger partial charge is 0.457 e. The molecule has 0 aliphatic carbocycles. The summed E-state index contributed by atoms with van der Waals surface area (Å²) in [6.45, 7) is 8.44. The Morgan fingerprint density at radius 2 is 1.64 bits per heavy atom. The van der Waals surface area contributed by atoms with E-state index < -0.39 is 45.2 Å². The van der Waals surface area contributed by atoms with Gasteiger partial charge in [-0.2, -0.15) is 0 Å². The predicted molar refractivity (Wildman–Crippen MR) is 219 cm³/mol. The van der Waals surface area contributed by atoms with Crippen molar-refractivity contribution < 1.29 is 37.4 Å². The fourth-order valence-corrected chi connectivity index (χ4v) is 9.92. The Balaban J connectivity index is 1.07. The zero-order chi connectivity index (χ0) is 41.9. The second-order valence-electron chi connectivity index (χ2n) is 16.7. The lowest BCUT2D eigenvalue weighted by Gasteiger charge is -2.49. The van der Waals surface area contributed by atoms with Gasteiger partial charge in [0.15, 0.2) is 0 Å². The number of esters is 2. The van der Waals surface area contributed by atoms with E-state index >= 15 is 0 Å². The summed E-state index contributed by atoms with van der Waals surface area (Å²) in [5.41, 5.74) is -0.628. The molecule has 15 heteroatoms. The van der Waals surface area contributed by atoms with Crippen LogP contribution in [0.1, 0.15) is 77.0 Å². The van der Waals surface area contributed by atoms with Crippen LogP contribution in [0, 0.1) is 0 Å². The highest BCUT2D eigenvalue weighted by molar-refractivity contribution is 7.90. The first-order chi connectivity index (χ1) is 28.0. The number of piperidine rings is 1. The Morgan fingerprint density at radius 3 is 2.37 bits per heavy atom. The van der Waals surface area contributed by atoms with Gasteiger partial charge in [-0.3, -0.25) is 14.5 Å². The minimum absolute atomic E-state index is 0.00640. The third-order valence-electron chi connectivity index (χ3n) is 11.6. The lowest BCUT2D eigenvalue weighted by Crippen LogP contribution is -2.59. The second kappa shape index (κ2) is 15.0. The summed E-state index contributed by atoms with van der Waals surface area (Å²) in [6.07, 6.45) is 0.541. The highest BCUT2D eigenvalue weighted by atomic mass is 32.2. The summed E-state index contributed by atoms with van der Waals surface area (Å²) in [5.74, 6) is -1.85. The molecule has 8 rings (SSSR count). The lowest BCUT2D eigenvalue weighted by molar-refractivity contribution is -0.301. The summed E-state index contributed by atoms with van der Waals surface area (Å²) in [5, 5.41) is 16.5. The van der Waals surface area contributed by atoms with Crippen LogP contribution in [-0.2, 0) is 57.8 Å². The zero-order valence-corrected chi connectivity index (χ0v) is 34.4. The van der Waals surface area contributed by atoms with Crippen LogP contribution in [-0.4, -0.2) is 71.1 Å². The first kappa shape index (κ1) is 40.3. The molecule has 1 radical (unpaired) electrons. The molecule has 0 spiro atoms. The first-order valence-electron chi connectivity index (χ1n) is 19.7. The molecule has 1 saturated heterocycles. The standard InChI is InChI=1S/C44H46N5O9S/c1-6-44(34-21-36-39-30(19-29-13-9-10-14-35(29)46-39)25-48(36)40(51)33(34)26-57-41(44)52)58-38(50)24-45-37(17-18-56-31-22-42(2,3)49(53)43(4,5)23-31)47-59(54,55)32-16-15-27-11-7-8-12-28(27)20-32/h7-16,19-21,31H,6,17-18,22-26H2,1-5H3,(H,45,47)/t44-/m0/s1. The Morgan fingerprint density at radius 1 is 0.949 bits per heavy atom. The number of aromatic nitrogens is 2. The fraction of sp³-hybridized carbons (Fsp3) is 0.386. The van der Waals surface area contributed by atoms with E-state index in [1.165, 1.54) is 6.07 Å². The van der Waals surface area contributed by atoms with Crippen molar-refractivity contribution in [2.24, 2.45) is 4.99 Å². The Hall–Kier alpha value is -5.48. The van der Waals surface area contributed by atoms with Crippen LogP contribution in [0.2, 0.25) is 0 Å². The maximum Gasteiger partial charge on any atom is 0.355 e. The highest BCUT2D eigenvalue weighted by Gasteiger charge is 2.51. The molecule has 5 aromatic rings. The smallest absolute Gasteiger partial charge is 0.355 e. The monoisotopic (exact) mass is 820 g/mol. The van der Waals surface area contributed by atoms with Gasteiger partial charge in [0.1, 0.15) is 19.0 Å². The van der Waals surface area contributed by atoms with Gasteiger partial charge < -0.3 is 18.8 Å². The van der Waals surface area contributed by atoms with Gasteiger partial charge in [0.05, 0.1) is 46.6 Å². The number of hydroxylamine groups is 2. The van der Waals surface area contributed by atoms with Crippen LogP contribution in [0.3, 0.4) is 0 Å². The van der Waals surface area contributed by atoms with Gasteiger partial charge in [0, 0.05) is 34.0 Å². The number of amidine groups is 1. The first-order valence-corrected chi connectivity index (χ1v) is 21.2. The number of benzene rings is 3. The number of cyclic esters (lactones) is 1. The highest BCUT2D eigenvalue weighted by Crippen LogP contribution is 2.41. The number of fused-ring (bicyclic) bond motifs is 6. The number of sulfonamides is 1. The van der Waals surface area contributed by atoms with Crippen LogP contribution in [0.5, 0.6) is 0 Å². The number of pyridine rings is 2. The summed E-state index contributed by atoms with van der Waals surface area (Å²) in [7, 11) is -4.19. The molecule has 3 aromatic carbocycles. The average Bonchev–Trinajstić information content (AvgIpc) is 3.56. The molecular formula is C44H46N5O9S. The van der Waals surface area contributed by atoms with Crippen molar-refractivity contribution >= 4 is 49.5 Å². The van der Waals surface area contributed by atoms with Gasteiger partial charge in [-0.1, -0.05) is 55.5 Å². The third kappa shape index (κ3) is 7.41. The van der Waals surface area contributed by atoms with Gasteiger partial charge in [-0.15, -0.1) is 10.3 Å². The van der Waals surface area contributed by atoms with Gasteiger partial charge in [0.25, 0.3) is 15.6 Å². The second-order valence-corrected chi connectivity index (χ2v) is 18.4. The van der Waals surface area contributed by atoms with E-state index in [9.17, 15) is 28.0 Å². The summed E-state index contributed by atoms with van der Waals surface area (Å²) in [6, 6.07) is 23.4. The molecule has 1 fully saturated rings. The third-order valence-corrected chi connectivity index (χ3v) is 13.0. The van der Waals surface area contributed by atoms with E-state index in [2.05, 4.69) is 9.71 Å². The maximum atomic E-state index is 14.0. The number of hydrogen-bond acceptors (Lipinski definition) is 11. The van der Waals surface area contributed by atoms with E-state index in [1.54, 1.807) is 35.8 Å². The number of ether oxygens (including phenoxy) is 3. The number of para-hydroxylation sites is 1. The van der Waals surface area contributed by atoms with Crippen LogP contribution in [0.4, 0.5) is 0 Å². The van der Waals surface area contributed by atoms with Crippen molar-refractivity contribution in [3.8, 4) is 11.4 Å². The topological polar surface area (TPSA) is 178 Å². The molecule has 307 valence electrons. The summed E-state index contributed by atoms with van der Waals surface area (Å²) < 4.78 is 49.4.